The van der Waals surface area contributed by atoms with Gasteiger partial charge in [0.15, 0.2) is 0 Å². The average Bonchev–Trinajstić information content (AvgIpc) is 2.37. The van der Waals surface area contributed by atoms with E-state index in [9.17, 15) is 13.6 Å². The highest BCUT2D eigenvalue weighted by Gasteiger charge is 2.11. The Labute approximate surface area is 115 Å². The van der Waals surface area contributed by atoms with Gasteiger partial charge in [0.25, 0.3) is 5.91 Å². The first-order chi connectivity index (χ1) is 9.45. The highest BCUT2D eigenvalue weighted by Crippen LogP contribution is 2.19. The molecule has 0 saturated heterocycles. The maximum Gasteiger partial charge on any atom is 0.255 e. The summed E-state index contributed by atoms with van der Waals surface area (Å²) in [4.78, 5) is 14.9. The van der Waals surface area contributed by atoms with Gasteiger partial charge >= 0.3 is 0 Å². The fourth-order valence-electron chi connectivity index (χ4n) is 1.77. The minimum absolute atomic E-state index is 0.107. The largest absolute Gasteiger partial charge is 0.322 e. The van der Waals surface area contributed by atoms with Crippen molar-refractivity contribution in [3.63, 3.8) is 0 Å². The Morgan fingerprint density at radius 2 is 1.80 bits per heavy atom. The molecule has 2 aromatic rings. The van der Waals surface area contributed by atoms with Gasteiger partial charge < -0.3 is 5.32 Å². The Kier molecular flexibility index (Phi) is 4.08. The Bertz CT molecular complexity index is 621. The third-order valence-corrected chi connectivity index (χ3v) is 2.84. The van der Waals surface area contributed by atoms with E-state index in [0.717, 1.165) is 17.7 Å². The summed E-state index contributed by atoms with van der Waals surface area (Å²) >= 11 is 0. The highest BCUT2D eigenvalue weighted by atomic mass is 19.1. The van der Waals surface area contributed by atoms with E-state index in [1.807, 2.05) is 32.0 Å². The second-order valence-corrected chi connectivity index (χ2v) is 4.74. The molecule has 0 saturated carbocycles. The first-order valence-corrected chi connectivity index (χ1v) is 6.20. The summed E-state index contributed by atoms with van der Waals surface area (Å²) in [7, 11) is 0. The lowest BCUT2D eigenvalue weighted by Crippen LogP contribution is -2.13. The van der Waals surface area contributed by atoms with Crippen LogP contribution in [0, 0.1) is 11.9 Å². The molecule has 0 aliphatic rings. The zero-order valence-electron chi connectivity index (χ0n) is 11.2. The summed E-state index contributed by atoms with van der Waals surface area (Å²) in [6.07, 6.45) is 0. The monoisotopic (exact) mass is 276 g/mol. The number of carbonyl (C=O) groups is 1. The molecule has 1 N–H and O–H groups in total. The second-order valence-electron chi connectivity index (χ2n) is 4.74. The number of carbonyl (C=O) groups excluding carboxylic acids is 1. The minimum Gasteiger partial charge on any atom is -0.322 e. The number of nitrogens with zero attached hydrogens (tertiary/aromatic N) is 1. The number of hydrogen-bond donors (Lipinski definition) is 1. The first kappa shape index (κ1) is 14.1. The van der Waals surface area contributed by atoms with E-state index in [0.29, 0.717) is 11.6 Å². The molecular weight excluding hydrogens is 262 g/mol. The van der Waals surface area contributed by atoms with Crippen molar-refractivity contribution in [1.82, 2.24) is 4.98 Å². The predicted octanol–water partition coefficient (Wildman–Crippen LogP) is 3.74. The highest BCUT2D eigenvalue weighted by molar-refractivity contribution is 6.04. The maximum absolute atomic E-state index is 13.0. The molecule has 0 radical (unpaired) electrons. The Balaban J connectivity index is 2.21. The molecule has 2 rings (SSSR count). The van der Waals surface area contributed by atoms with Crippen LogP contribution >= 0.6 is 0 Å². The molecule has 0 aliphatic heterocycles. The van der Waals surface area contributed by atoms with Crippen LogP contribution in [0.1, 0.15) is 35.7 Å². The Hall–Kier alpha value is -2.30. The Morgan fingerprint density at radius 1 is 1.15 bits per heavy atom. The standard InChI is InChI=1S/C15H14F2N2O/c1-9(2)10-4-3-5-12(6-10)18-15(20)11-7-13(16)19-14(17)8-11/h3-9H,1-2H3,(H,18,20). The quantitative estimate of drug-likeness (QED) is 0.868. The molecule has 0 aliphatic carbocycles. The SMILES string of the molecule is CC(C)c1cccc(NC(=O)c2cc(F)nc(F)c2)c1. The molecule has 104 valence electrons. The van der Waals surface area contributed by atoms with Crippen molar-refractivity contribution in [1.29, 1.82) is 0 Å². The molecule has 1 heterocycles. The normalized spacial score (nSPS) is 10.7. The van der Waals surface area contributed by atoms with Crippen molar-refractivity contribution in [2.45, 2.75) is 19.8 Å². The number of hydrogen-bond acceptors (Lipinski definition) is 2. The molecule has 1 aromatic carbocycles. The number of benzene rings is 1. The van der Waals surface area contributed by atoms with Crippen molar-refractivity contribution in [3.05, 3.63) is 59.4 Å². The number of rotatable bonds is 3. The molecule has 5 heteroatoms. The van der Waals surface area contributed by atoms with Crippen LogP contribution in [0.2, 0.25) is 0 Å². The van der Waals surface area contributed by atoms with Crippen LogP contribution in [-0.4, -0.2) is 10.9 Å². The summed E-state index contributed by atoms with van der Waals surface area (Å²) < 4.78 is 25.9. The van der Waals surface area contributed by atoms with Crippen LogP contribution < -0.4 is 5.32 Å². The second kappa shape index (κ2) is 5.77. The van der Waals surface area contributed by atoms with Crippen molar-refractivity contribution in [3.8, 4) is 0 Å². The molecule has 1 amide bonds. The molecule has 0 unspecified atom stereocenters. The summed E-state index contributed by atoms with van der Waals surface area (Å²) in [6.45, 7) is 4.07. The van der Waals surface area contributed by atoms with Crippen LogP contribution in [0.5, 0.6) is 0 Å². The fraction of sp³-hybridized carbons (Fsp3) is 0.200. The van der Waals surface area contributed by atoms with Crippen LogP contribution in [0.3, 0.4) is 0 Å². The van der Waals surface area contributed by atoms with Gasteiger partial charge in [-0.2, -0.15) is 13.8 Å². The predicted molar refractivity (Wildman–Crippen MR) is 72.6 cm³/mol. The van der Waals surface area contributed by atoms with E-state index < -0.39 is 17.8 Å². The number of aromatic nitrogens is 1. The van der Waals surface area contributed by atoms with Gasteiger partial charge in [-0.3, -0.25) is 4.79 Å². The van der Waals surface area contributed by atoms with Gasteiger partial charge in [0, 0.05) is 23.4 Å². The van der Waals surface area contributed by atoms with E-state index in [4.69, 9.17) is 0 Å². The number of pyridine rings is 1. The number of nitrogens with one attached hydrogen (secondary N) is 1. The lowest BCUT2D eigenvalue weighted by molar-refractivity contribution is 0.102. The van der Waals surface area contributed by atoms with Crippen LogP contribution in [-0.2, 0) is 0 Å². The van der Waals surface area contributed by atoms with Gasteiger partial charge in [0.1, 0.15) is 0 Å². The van der Waals surface area contributed by atoms with Gasteiger partial charge in [-0.05, 0) is 23.6 Å². The number of anilines is 1. The van der Waals surface area contributed by atoms with Gasteiger partial charge in [-0.15, -0.1) is 0 Å². The maximum atomic E-state index is 13.0. The molecule has 0 spiro atoms. The molecule has 1 aromatic heterocycles. The van der Waals surface area contributed by atoms with Crippen LogP contribution in [0.4, 0.5) is 14.5 Å². The lowest BCUT2D eigenvalue weighted by atomic mass is 10.0. The zero-order valence-corrected chi connectivity index (χ0v) is 11.2. The first-order valence-electron chi connectivity index (χ1n) is 6.20. The third-order valence-electron chi connectivity index (χ3n) is 2.84. The van der Waals surface area contributed by atoms with Gasteiger partial charge in [-0.25, -0.2) is 0 Å². The van der Waals surface area contributed by atoms with Gasteiger partial charge in [0.2, 0.25) is 11.9 Å². The van der Waals surface area contributed by atoms with E-state index >= 15 is 0 Å². The molecule has 0 fully saturated rings. The van der Waals surface area contributed by atoms with Crippen molar-refractivity contribution in [2.24, 2.45) is 0 Å². The fourth-order valence-corrected chi connectivity index (χ4v) is 1.77. The molecular formula is C15H14F2N2O. The number of amides is 1. The summed E-state index contributed by atoms with van der Waals surface area (Å²) in [5, 5.41) is 2.61. The molecule has 3 nitrogen and oxygen atoms in total. The smallest absolute Gasteiger partial charge is 0.255 e. The summed E-state index contributed by atoms with van der Waals surface area (Å²) in [5.41, 5.74) is 1.54. The topological polar surface area (TPSA) is 42.0 Å². The Morgan fingerprint density at radius 3 is 2.40 bits per heavy atom. The number of halogens is 2. The van der Waals surface area contributed by atoms with Crippen LogP contribution in [0.15, 0.2) is 36.4 Å². The molecule has 0 bridgehead atoms. The van der Waals surface area contributed by atoms with Crippen molar-refractivity contribution >= 4 is 11.6 Å². The average molecular weight is 276 g/mol. The van der Waals surface area contributed by atoms with E-state index in [-0.39, 0.29) is 5.56 Å². The van der Waals surface area contributed by atoms with E-state index in [1.54, 1.807) is 6.07 Å². The summed E-state index contributed by atoms with van der Waals surface area (Å²) in [5.74, 6) is -2.30. The minimum atomic E-state index is -1.02. The third kappa shape index (κ3) is 3.38. The van der Waals surface area contributed by atoms with E-state index in [2.05, 4.69) is 10.3 Å². The molecule has 20 heavy (non-hydrogen) atoms. The van der Waals surface area contributed by atoms with E-state index in [1.165, 1.54) is 0 Å². The summed E-state index contributed by atoms with van der Waals surface area (Å²) in [6, 6.07) is 9.11. The van der Waals surface area contributed by atoms with Crippen molar-refractivity contribution < 1.29 is 13.6 Å². The molecule has 0 atom stereocenters. The van der Waals surface area contributed by atoms with Crippen LogP contribution in [0.25, 0.3) is 0 Å². The van der Waals surface area contributed by atoms with Crippen molar-refractivity contribution in [2.75, 3.05) is 5.32 Å². The lowest BCUT2D eigenvalue weighted by Gasteiger charge is -2.09. The van der Waals surface area contributed by atoms with Gasteiger partial charge in [0.05, 0.1) is 0 Å². The van der Waals surface area contributed by atoms with Gasteiger partial charge in [-0.1, -0.05) is 26.0 Å². The zero-order chi connectivity index (χ0) is 14.7.